The molecule has 3 aromatic rings. The minimum Gasteiger partial charge on any atom is -0.353 e. The van der Waals surface area contributed by atoms with Crippen molar-refractivity contribution in [1.29, 1.82) is 0 Å². The number of carbonyl (C=O) groups excluding carboxylic acids is 1. The molecule has 0 fully saturated rings. The van der Waals surface area contributed by atoms with E-state index >= 15 is 0 Å². The van der Waals surface area contributed by atoms with Crippen LogP contribution in [-0.4, -0.2) is 22.4 Å². The lowest BCUT2D eigenvalue weighted by atomic mass is 10.2. The Balaban J connectivity index is 1.45. The molecule has 0 saturated carbocycles. The molecule has 26 heavy (non-hydrogen) atoms. The fourth-order valence-electron chi connectivity index (χ4n) is 2.45. The molecule has 2 aromatic carbocycles. The van der Waals surface area contributed by atoms with Gasteiger partial charge < -0.3 is 5.32 Å². The topological polar surface area (TPSA) is 85.1 Å². The SMILES string of the molecule is O=C(/C=C/c1cccc([N+](=O)[O-])c1)NCCCc1nc2ccccc2s1. The fraction of sp³-hybridized carbons (Fsp3) is 0.158. The third kappa shape index (κ3) is 4.73. The summed E-state index contributed by atoms with van der Waals surface area (Å²) in [6.07, 6.45) is 4.57. The molecule has 0 aliphatic heterocycles. The van der Waals surface area contributed by atoms with E-state index in [4.69, 9.17) is 0 Å². The predicted octanol–water partition coefficient (Wildman–Crippen LogP) is 3.97. The van der Waals surface area contributed by atoms with Crippen LogP contribution in [-0.2, 0) is 11.2 Å². The van der Waals surface area contributed by atoms with Crippen LogP contribution in [0.1, 0.15) is 17.0 Å². The number of nitro groups is 1. The number of amides is 1. The smallest absolute Gasteiger partial charge is 0.270 e. The number of para-hydroxylation sites is 1. The molecule has 0 radical (unpaired) electrons. The summed E-state index contributed by atoms with van der Waals surface area (Å²) in [4.78, 5) is 26.7. The van der Waals surface area contributed by atoms with Gasteiger partial charge in [0.05, 0.1) is 20.1 Å². The summed E-state index contributed by atoms with van der Waals surface area (Å²) in [6.45, 7) is 0.550. The van der Waals surface area contributed by atoms with E-state index in [0.717, 1.165) is 23.4 Å². The van der Waals surface area contributed by atoms with E-state index in [1.165, 1.54) is 22.9 Å². The molecule has 1 N–H and O–H groups in total. The second kappa shape index (κ2) is 8.35. The van der Waals surface area contributed by atoms with Crippen LogP contribution in [0.3, 0.4) is 0 Å². The van der Waals surface area contributed by atoms with Crippen molar-refractivity contribution in [3.8, 4) is 0 Å². The molecule has 0 bridgehead atoms. The summed E-state index contributed by atoms with van der Waals surface area (Å²) in [5, 5.41) is 14.6. The third-order valence-electron chi connectivity index (χ3n) is 3.71. The summed E-state index contributed by atoms with van der Waals surface area (Å²) < 4.78 is 1.17. The van der Waals surface area contributed by atoms with Crippen molar-refractivity contribution < 1.29 is 9.72 Å². The van der Waals surface area contributed by atoms with Gasteiger partial charge in [-0.15, -0.1) is 11.3 Å². The van der Waals surface area contributed by atoms with E-state index in [9.17, 15) is 14.9 Å². The van der Waals surface area contributed by atoms with Gasteiger partial charge in [0.2, 0.25) is 5.91 Å². The molecule has 1 heterocycles. The average Bonchev–Trinajstić information content (AvgIpc) is 3.06. The van der Waals surface area contributed by atoms with Crippen molar-refractivity contribution in [1.82, 2.24) is 10.3 Å². The van der Waals surface area contributed by atoms with Gasteiger partial charge in [-0.1, -0.05) is 24.3 Å². The lowest BCUT2D eigenvalue weighted by Gasteiger charge is -2.00. The molecule has 0 aliphatic carbocycles. The number of fused-ring (bicyclic) bond motifs is 1. The third-order valence-corrected chi connectivity index (χ3v) is 4.81. The highest BCUT2D eigenvalue weighted by atomic mass is 32.1. The van der Waals surface area contributed by atoms with Crippen LogP contribution in [0.25, 0.3) is 16.3 Å². The van der Waals surface area contributed by atoms with Crippen molar-refractivity contribution in [2.45, 2.75) is 12.8 Å². The van der Waals surface area contributed by atoms with E-state index in [2.05, 4.69) is 16.4 Å². The zero-order valence-electron chi connectivity index (χ0n) is 13.9. The number of hydrogen-bond acceptors (Lipinski definition) is 5. The number of aromatic nitrogens is 1. The number of thiazole rings is 1. The van der Waals surface area contributed by atoms with Crippen LogP contribution in [0, 0.1) is 10.1 Å². The Morgan fingerprint density at radius 3 is 2.88 bits per heavy atom. The Hall–Kier alpha value is -3.06. The van der Waals surface area contributed by atoms with Gasteiger partial charge in [0, 0.05) is 31.2 Å². The van der Waals surface area contributed by atoms with E-state index in [0.29, 0.717) is 12.1 Å². The Bertz CT molecular complexity index is 932. The van der Waals surface area contributed by atoms with Crippen LogP contribution in [0.4, 0.5) is 5.69 Å². The van der Waals surface area contributed by atoms with Crippen molar-refractivity contribution in [3.63, 3.8) is 0 Å². The molecule has 7 heteroatoms. The van der Waals surface area contributed by atoms with E-state index in [-0.39, 0.29) is 11.6 Å². The summed E-state index contributed by atoms with van der Waals surface area (Å²) >= 11 is 1.67. The molecule has 0 spiro atoms. The number of nitrogens with one attached hydrogen (secondary N) is 1. The Morgan fingerprint density at radius 1 is 1.23 bits per heavy atom. The highest BCUT2D eigenvalue weighted by Crippen LogP contribution is 2.22. The van der Waals surface area contributed by atoms with Crippen LogP contribution in [0.5, 0.6) is 0 Å². The molecule has 0 atom stereocenters. The van der Waals surface area contributed by atoms with Crippen molar-refractivity contribution in [2.24, 2.45) is 0 Å². The summed E-state index contributed by atoms with van der Waals surface area (Å²) in [5.41, 5.74) is 1.63. The minimum absolute atomic E-state index is 0.00314. The number of aryl methyl sites for hydroxylation is 1. The average molecular weight is 367 g/mol. The Morgan fingerprint density at radius 2 is 2.08 bits per heavy atom. The summed E-state index contributed by atoms with van der Waals surface area (Å²) in [6, 6.07) is 14.2. The maximum atomic E-state index is 11.8. The maximum absolute atomic E-state index is 11.8. The van der Waals surface area contributed by atoms with Gasteiger partial charge in [-0.25, -0.2) is 4.98 Å². The van der Waals surface area contributed by atoms with Crippen molar-refractivity contribution in [2.75, 3.05) is 6.54 Å². The number of nitro benzene ring substituents is 1. The minimum atomic E-state index is -0.459. The molecule has 1 amide bonds. The van der Waals surface area contributed by atoms with Gasteiger partial charge in [0.1, 0.15) is 0 Å². The maximum Gasteiger partial charge on any atom is 0.270 e. The lowest BCUT2D eigenvalue weighted by Crippen LogP contribution is -2.22. The molecule has 0 aliphatic rings. The first-order valence-corrected chi connectivity index (χ1v) is 8.98. The molecule has 0 saturated heterocycles. The van der Waals surface area contributed by atoms with E-state index < -0.39 is 4.92 Å². The van der Waals surface area contributed by atoms with E-state index in [1.54, 1.807) is 29.5 Å². The molecule has 3 rings (SSSR count). The van der Waals surface area contributed by atoms with Crippen LogP contribution in [0.15, 0.2) is 54.6 Å². The van der Waals surface area contributed by atoms with Gasteiger partial charge in [-0.3, -0.25) is 14.9 Å². The standard InChI is InChI=1S/C19H17N3O3S/c23-18(11-10-14-5-3-6-15(13-14)22(24)25)20-12-4-9-19-21-16-7-1-2-8-17(16)26-19/h1-3,5-8,10-11,13H,4,9,12H2,(H,20,23)/b11-10+. The number of carbonyl (C=O) groups is 1. The molecular weight excluding hydrogens is 350 g/mol. The van der Waals surface area contributed by atoms with Crippen molar-refractivity contribution >= 4 is 39.2 Å². The lowest BCUT2D eigenvalue weighted by molar-refractivity contribution is -0.384. The molecule has 0 unspecified atom stereocenters. The first-order valence-electron chi connectivity index (χ1n) is 8.16. The van der Waals surface area contributed by atoms with Gasteiger partial charge in [-0.2, -0.15) is 0 Å². The zero-order valence-corrected chi connectivity index (χ0v) is 14.7. The highest BCUT2D eigenvalue weighted by molar-refractivity contribution is 7.18. The van der Waals surface area contributed by atoms with Crippen molar-refractivity contribution in [3.05, 3.63) is 75.3 Å². The first kappa shape index (κ1) is 17.8. The first-order chi connectivity index (χ1) is 12.6. The van der Waals surface area contributed by atoms with Crippen LogP contribution < -0.4 is 5.32 Å². The summed E-state index contributed by atoms with van der Waals surface area (Å²) in [7, 11) is 0. The molecule has 1 aromatic heterocycles. The normalized spacial score (nSPS) is 11.1. The highest BCUT2D eigenvalue weighted by Gasteiger charge is 2.05. The second-order valence-electron chi connectivity index (χ2n) is 5.66. The number of non-ortho nitro benzene ring substituents is 1. The predicted molar refractivity (Wildman–Crippen MR) is 103 cm³/mol. The Kier molecular flexibility index (Phi) is 5.70. The largest absolute Gasteiger partial charge is 0.353 e. The second-order valence-corrected chi connectivity index (χ2v) is 6.77. The molecule has 132 valence electrons. The molecular formula is C19H17N3O3S. The summed E-state index contributed by atoms with van der Waals surface area (Å²) in [5.74, 6) is -0.221. The van der Waals surface area contributed by atoms with E-state index in [1.807, 2.05) is 18.2 Å². The van der Waals surface area contributed by atoms with Gasteiger partial charge in [0.15, 0.2) is 0 Å². The monoisotopic (exact) mass is 367 g/mol. The van der Waals surface area contributed by atoms with Crippen LogP contribution >= 0.6 is 11.3 Å². The van der Waals surface area contributed by atoms with Gasteiger partial charge >= 0.3 is 0 Å². The fourth-order valence-corrected chi connectivity index (χ4v) is 3.46. The van der Waals surface area contributed by atoms with Crippen LogP contribution in [0.2, 0.25) is 0 Å². The number of benzene rings is 2. The number of rotatable bonds is 7. The Labute approximate surface area is 154 Å². The van der Waals surface area contributed by atoms with Gasteiger partial charge in [-0.05, 0) is 30.2 Å². The number of nitrogens with zero attached hydrogens (tertiary/aromatic N) is 2. The zero-order chi connectivity index (χ0) is 18.4. The quantitative estimate of drug-likeness (QED) is 0.296. The molecule has 6 nitrogen and oxygen atoms in total. The van der Waals surface area contributed by atoms with Gasteiger partial charge in [0.25, 0.3) is 5.69 Å². The number of hydrogen-bond donors (Lipinski definition) is 1.